The fraction of sp³-hybridized carbons (Fsp3) is 0.471. The number of carbonyl (C=O) groups excluding carboxylic acids is 3. The maximum atomic E-state index is 12.5. The molecule has 1 aliphatic carbocycles. The maximum absolute atomic E-state index is 12.5. The third-order valence-electron chi connectivity index (χ3n) is 5.13. The molecule has 0 bridgehead atoms. The van der Waals surface area contributed by atoms with Crippen LogP contribution in [0.5, 0.6) is 0 Å². The topological polar surface area (TPSA) is 90.5 Å². The predicted molar refractivity (Wildman–Crippen MR) is 86.0 cm³/mol. The van der Waals surface area contributed by atoms with Crippen LogP contribution >= 0.6 is 0 Å². The van der Waals surface area contributed by atoms with Gasteiger partial charge in [0.25, 0.3) is 5.91 Å². The number of aryl methyl sites for hydroxylation is 1. The van der Waals surface area contributed by atoms with Crippen molar-refractivity contribution in [3.63, 3.8) is 0 Å². The molecule has 3 aliphatic rings. The van der Waals surface area contributed by atoms with E-state index in [1.807, 2.05) is 19.1 Å². The van der Waals surface area contributed by atoms with Gasteiger partial charge in [-0.1, -0.05) is 23.8 Å². The molecule has 7 heteroatoms. The summed E-state index contributed by atoms with van der Waals surface area (Å²) in [6, 6.07) is 5.50. The van der Waals surface area contributed by atoms with E-state index in [0.717, 1.165) is 24.0 Å². The largest absolute Gasteiger partial charge is 0.335 e. The Morgan fingerprint density at radius 2 is 2.04 bits per heavy atom. The van der Waals surface area contributed by atoms with Gasteiger partial charge in [-0.2, -0.15) is 0 Å². The van der Waals surface area contributed by atoms with E-state index < -0.39 is 11.6 Å². The molecule has 2 fully saturated rings. The number of nitrogens with one attached hydrogen (secondary N) is 3. The average molecular weight is 328 g/mol. The summed E-state index contributed by atoms with van der Waals surface area (Å²) in [5, 5.41) is 7.85. The average Bonchev–Trinajstić information content (AvgIpc) is 3.24. The monoisotopic (exact) mass is 328 g/mol. The first kappa shape index (κ1) is 15.0. The van der Waals surface area contributed by atoms with Crippen molar-refractivity contribution in [2.24, 2.45) is 5.92 Å². The van der Waals surface area contributed by atoms with Gasteiger partial charge in [0.2, 0.25) is 0 Å². The molecule has 1 aromatic carbocycles. The molecule has 0 radical (unpaired) electrons. The van der Waals surface area contributed by atoms with E-state index >= 15 is 0 Å². The summed E-state index contributed by atoms with van der Waals surface area (Å²) in [6.07, 6.45) is 1.77. The number of hydrogen-bond donors (Lipinski definition) is 3. The molecule has 0 spiro atoms. The summed E-state index contributed by atoms with van der Waals surface area (Å²) in [6.45, 7) is 3.29. The molecule has 2 aliphatic heterocycles. The number of hydrogen-bond acceptors (Lipinski definition) is 3. The van der Waals surface area contributed by atoms with E-state index in [1.54, 1.807) is 4.90 Å². The Kier molecular flexibility index (Phi) is 3.26. The molecule has 1 unspecified atom stereocenters. The Morgan fingerprint density at radius 3 is 2.71 bits per heavy atom. The molecule has 5 amide bonds. The van der Waals surface area contributed by atoms with Gasteiger partial charge in [0.05, 0.1) is 6.54 Å². The summed E-state index contributed by atoms with van der Waals surface area (Å²) in [4.78, 5) is 37.9. The molecular weight excluding hydrogens is 308 g/mol. The van der Waals surface area contributed by atoms with Gasteiger partial charge in [-0.3, -0.25) is 10.1 Å². The fourth-order valence-corrected chi connectivity index (χ4v) is 3.63. The summed E-state index contributed by atoms with van der Waals surface area (Å²) < 4.78 is 0. The highest BCUT2D eigenvalue weighted by Crippen LogP contribution is 2.41. The van der Waals surface area contributed by atoms with Crippen molar-refractivity contribution in [2.45, 2.75) is 38.4 Å². The van der Waals surface area contributed by atoms with Gasteiger partial charge >= 0.3 is 12.1 Å². The number of nitrogens with zero attached hydrogens (tertiary/aromatic N) is 1. The highest BCUT2D eigenvalue weighted by molar-refractivity contribution is 6.07. The highest BCUT2D eigenvalue weighted by Gasteiger charge is 2.56. The predicted octanol–water partition coefficient (Wildman–Crippen LogP) is 1.01. The van der Waals surface area contributed by atoms with Crippen molar-refractivity contribution in [3.8, 4) is 0 Å². The molecule has 1 saturated heterocycles. The number of carbonyl (C=O) groups is 3. The minimum absolute atomic E-state index is 0.0997. The first-order valence-corrected chi connectivity index (χ1v) is 8.23. The molecule has 7 nitrogen and oxygen atoms in total. The number of rotatable bonds is 3. The SMILES string of the molecule is Cc1ccc2c(c1)CN(C(=O)NCC1(C3CC3)NC(=O)NC1=O)C2. The van der Waals surface area contributed by atoms with Gasteiger partial charge in [0.15, 0.2) is 0 Å². The lowest BCUT2D eigenvalue weighted by atomic mass is 9.93. The molecular formula is C17H20N4O3. The molecule has 1 saturated carbocycles. The first-order valence-electron chi connectivity index (χ1n) is 8.23. The van der Waals surface area contributed by atoms with Crippen molar-refractivity contribution >= 4 is 18.0 Å². The van der Waals surface area contributed by atoms with Crippen LogP contribution in [0.15, 0.2) is 18.2 Å². The zero-order valence-corrected chi connectivity index (χ0v) is 13.5. The number of amides is 5. The Bertz CT molecular complexity index is 743. The molecule has 2 heterocycles. The standard InChI is InChI=1S/C17H20N4O3/c1-10-2-3-11-7-21(8-12(11)6-10)16(24)18-9-17(13-4-5-13)14(22)19-15(23)20-17/h2-3,6,13H,4-5,7-9H2,1H3,(H,18,24)(H2,19,20,22,23). The van der Waals surface area contributed by atoms with Crippen molar-refractivity contribution in [1.29, 1.82) is 0 Å². The number of fused-ring (bicyclic) bond motifs is 1. The van der Waals surface area contributed by atoms with E-state index in [1.165, 1.54) is 5.56 Å². The van der Waals surface area contributed by atoms with Crippen LogP contribution in [0.1, 0.15) is 29.5 Å². The van der Waals surface area contributed by atoms with Crippen LogP contribution in [-0.4, -0.2) is 35.0 Å². The molecule has 0 aromatic heterocycles. The molecule has 1 aromatic rings. The smallest absolute Gasteiger partial charge is 0.322 e. The van der Waals surface area contributed by atoms with Gasteiger partial charge in [0, 0.05) is 13.1 Å². The lowest BCUT2D eigenvalue weighted by Gasteiger charge is -2.27. The lowest BCUT2D eigenvalue weighted by molar-refractivity contribution is -0.124. The van der Waals surface area contributed by atoms with Crippen LogP contribution < -0.4 is 16.0 Å². The van der Waals surface area contributed by atoms with Gasteiger partial charge in [-0.15, -0.1) is 0 Å². The Morgan fingerprint density at radius 1 is 1.29 bits per heavy atom. The van der Waals surface area contributed by atoms with E-state index in [-0.39, 0.29) is 24.4 Å². The first-order chi connectivity index (χ1) is 11.5. The third kappa shape index (κ3) is 2.40. The number of benzene rings is 1. The van der Waals surface area contributed by atoms with E-state index in [0.29, 0.717) is 13.1 Å². The van der Waals surface area contributed by atoms with E-state index in [4.69, 9.17) is 0 Å². The maximum Gasteiger partial charge on any atom is 0.322 e. The second-order valence-electron chi connectivity index (χ2n) is 6.94. The Balaban J connectivity index is 1.42. The second kappa shape index (κ2) is 5.22. The van der Waals surface area contributed by atoms with Crippen molar-refractivity contribution < 1.29 is 14.4 Å². The van der Waals surface area contributed by atoms with Gasteiger partial charge < -0.3 is 15.5 Å². The summed E-state index contributed by atoms with van der Waals surface area (Å²) in [5.74, 6) is -0.238. The normalized spacial score (nSPS) is 25.3. The molecule has 3 N–H and O–H groups in total. The summed E-state index contributed by atoms with van der Waals surface area (Å²) in [5.41, 5.74) is 2.50. The third-order valence-corrected chi connectivity index (χ3v) is 5.13. The van der Waals surface area contributed by atoms with Crippen LogP contribution in [0, 0.1) is 12.8 Å². The molecule has 4 rings (SSSR count). The molecule has 126 valence electrons. The number of imide groups is 1. The van der Waals surface area contributed by atoms with Gasteiger partial charge in [0.1, 0.15) is 5.54 Å². The highest BCUT2D eigenvalue weighted by atomic mass is 16.2. The van der Waals surface area contributed by atoms with Crippen LogP contribution in [0.3, 0.4) is 0 Å². The number of urea groups is 2. The lowest BCUT2D eigenvalue weighted by Crippen LogP contribution is -2.58. The van der Waals surface area contributed by atoms with Crippen LogP contribution in [-0.2, 0) is 17.9 Å². The van der Waals surface area contributed by atoms with Crippen molar-refractivity contribution in [1.82, 2.24) is 20.9 Å². The minimum Gasteiger partial charge on any atom is -0.335 e. The van der Waals surface area contributed by atoms with Gasteiger partial charge in [-0.05, 0) is 36.8 Å². The quantitative estimate of drug-likeness (QED) is 0.723. The van der Waals surface area contributed by atoms with Crippen LogP contribution in [0.25, 0.3) is 0 Å². The molecule has 24 heavy (non-hydrogen) atoms. The second-order valence-corrected chi connectivity index (χ2v) is 6.94. The Hall–Kier alpha value is -2.57. The van der Waals surface area contributed by atoms with Crippen LogP contribution in [0.2, 0.25) is 0 Å². The van der Waals surface area contributed by atoms with E-state index in [9.17, 15) is 14.4 Å². The summed E-state index contributed by atoms with van der Waals surface area (Å²) in [7, 11) is 0. The zero-order chi connectivity index (χ0) is 16.9. The summed E-state index contributed by atoms with van der Waals surface area (Å²) >= 11 is 0. The van der Waals surface area contributed by atoms with Crippen LogP contribution in [0.4, 0.5) is 9.59 Å². The van der Waals surface area contributed by atoms with E-state index in [2.05, 4.69) is 22.0 Å². The zero-order valence-electron chi connectivity index (χ0n) is 13.5. The Labute approximate surface area is 139 Å². The minimum atomic E-state index is -0.990. The van der Waals surface area contributed by atoms with Gasteiger partial charge in [-0.25, -0.2) is 9.59 Å². The fourth-order valence-electron chi connectivity index (χ4n) is 3.63. The van der Waals surface area contributed by atoms with Crippen molar-refractivity contribution in [2.75, 3.05) is 6.54 Å². The van der Waals surface area contributed by atoms with Crippen molar-refractivity contribution in [3.05, 3.63) is 34.9 Å². The molecule has 1 atom stereocenters.